The summed E-state index contributed by atoms with van der Waals surface area (Å²) in [6, 6.07) is 6.34. The molecule has 0 fully saturated rings. The number of sulfonamides is 1. The number of nitrogens with one attached hydrogen (secondary N) is 1. The topological polar surface area (TPSA) is 72.2 Å². The molecule has 0 aliphatic heterocycles. The molecule has 0 saturated carbocycles. The quantitative estimate of drug-likeness (QED) is 0.832. The molecule has 0 radical (unpaired) electrons. The normalized spacial score (nSPS) is 13.3. The first-order valence-corrected chi connectivity index (χ1v) is 8.00. The van der Waals surface area contributed by atoms with Crippen LogP contribution in [-0.4, -0.2) is 19.4 Å². The van der Waals surface area contributed by atoms with Crippen molar-refractivity contribution in [3.63, 3.8) is 0 Å². The van der Waals surface area contributed by atoms with Crippen molar-refractivity contribution in [2.75, 3.05) is 0 Å². The van der Waals surface area contributed by atoms with Crippen molar-refractivity contribution >= 4 is 21.6 Å². The van der Waals surface area contributed by atoms with Crippen LogP contribution in [-0.2, 0) is 16.4 Å². The molecule has 108 valence electrons. The van der Waals surface area contributed by atoms with Crippen molar-refractivity contribution in [1.82, 2.24) is 9.71 Å². The smallest absolute Gasteiger partial charge is 0.242 e. The summed E-state index contributed by atoms with van der Waals surface area (Å²) in [4.78, 5) is 3.87. The van der Waals surface area contributed by atoms with Crippen LogP contribution in [0.5, 0.6) is 0 Å². The molecule has 2 aromatic rings. The molecular weight excluding hydrogens is 300 g/mol. The third kappa shape index (κ3) is 4.06. The molecule has 1 unspecified atom stereocenters. The van der Waals surface area contributed by atoms with Gasteiger partial charge in [-0.3, -0.25) is 0 Å². The monoisotopic (exact) mass is 314 g/mol. The van der Waals surface area contributed by atoms with E-state index in [2.05, 4.69) is 9.71 Å². The minimum atomic E-state index is -3.57. The maximum absolute atomic E-state index is 12.1. The number of furan rings is 1. The summed E-state index contributed by atoms with van der Waals surface area (Å²) in [6.45, 7) is 1.81. The lowest BCUT2D eigenvalue weighted by Crippen LogP contribution is -2.33. The van der Waals surface area contributed by atoms with Gasteiger partial charge in [0, 0.05) is 18.7 Å². The Morgan fingerprint density at radius 1 is 1.40 bits per heavy atom. The van der Waals surface area contributed by atoms with E-state index in [1.807, 2.05) is 19.1 Å². The van der Waals surface area contributed by atoms with Gasteiger partial charge in [0.2, 0.25) is 10.0 Å². The summed E-state index contributed by atoms with van der Waals surface area (Å²) in [5.74, 6) is 0.837. The molecular formula is C13H15ClN2O3S. The Hall–Kier alpha value is -1.37. The molecule has 2 rings (SSSR count). The summed E-state index contributed by atoms with van der Waals surface area (Å²) in [6.07, 6.45) is 4.16. The van der Waals surface area contributed by atoms with Crippen molar-refractivity contribution in [2.24, 2.45) is 0 Å². The average Bonchev–Trinajstić information content (AvgIpc) is 2.89. The number of nitrogens with zero attached hydrogens (tertiary/aromatic N) is 1. The zero-order valence-electron chi connectivity index (χ0n) is 10.9. The second-order valence-electron chi connectivity index (χ2n) is 4.46. The average molecular weight is 315 g/mol. The summed E-state index contributed by atoms with van der Waals surface area (Å²) in [5.41, 5.74) is 0. The van der Waals surface area contributed by atoms with Crippen LogP contribution in [0.15, 0.2) is 46.0 Å². The van der Waals surface area contributed by atoms with Crippen molar-refractivity contribution in [1.29, 1.82) is 0 Å². The van der Waals surface area contributed by atoms with Crippen molar-refractivity contribution in [3.05, 3.63) is 47.6 Å². The first-order chi connectivity index (χ1) is 9.47. The van der Waals surface area contributed by atoms with Gasteiger partial charge in [0.1, 0.15) is 15.8 Å². The number of rotatable bonds is 6. The Balaban J connectivity index is 1.95. The van der Waals surface area contributed by atoms with Crippen molar-refractivity contribution in [3.8, 4) is 0 Å². The molecule has 0 bridgehead atoms. The summed E-state index contributed by atoms with van der Waals surface area (Å²) < 4.78 is 32.0. The predicted octanol–water partition coefficient (Wildman–Crippen LogP) is 2.63. The highest BCUT2D eigenvalue weighted by Crippen LogP contribution is 2.12. The Morgan fingerprint density at radius 3 is 2.80 bits per heavy atom. The molecule has 1 N–H and O–H groups in total. The van der Waals surface area contributed by atoms with E-state index >= 15 is 0 Å². The van der Waals surface area contributed by atoms with Crippen LogP contribution in [0.1, 0.15) is 19.1 Å². The van der Waals surface area contributed by atoms with Crippen molar-refractivity contribution < 1.29 is 12.8 Å². The largest absolute Gasteiger partial charge is 0.469 e. The van der Waals surface area contributed by atoms with Crippen LogP contribution in [0.3, 0.4) is 0 Å². The Morgan fingerprint density at radius 2 is 2.20 bits per heavy atom. The number of halogens is 1. The van der Waals surface area contributed by atoms with E-state index in [0.717, 1.165) is 5.76 Å². The van der Waals surface area contributed by atoms with Crippen LogP contribution < -0.4 is 4.72 Å². The first-order valence-electron chi connectivity index (χ1n) is 6.13. The van der Waals surface area contributed by atoms with E-state index in [4.69, 9.17) is 16.0 Å². The summed E-state index contributed by atoms with van der Waals surface area (Å²) >= 11 is 5.64. The van der Waals surface area contributed by atoms with Gasteiger partial charge >= 0.3 is 0 Å². The van der Waals surface area contributed by atoms with Gasteiger partial charge in [0.25, 0.3) is 0 Å². The van der Waals surface area contributed by atoms with E-state index in [9.17, 15) is 8.42 Å². The molecule has 2 heterocycles. The number of aromatic nitrogens is 1. The maximum atomic E-state index is 12.1. The van der Waals surface area contributed by atoms with E-state index in [1.165, 1.54) is 18.3 Å². The van der Waals surface area contributed by atoms with Gasteiger partial charge < -0.3 is 4.42 Å². The van der Waals surface area contributed by atoms with Crippen LogP contribution >= 0.6 is 11.6 Å². The van der Waals surface area contributed by atoms with Gasteiger partial charge in [-0.05, 0) is 37.6 Å². The lowest BCUT2D eigenvalue weighted by molar-refractivity contribution is 0.480. The molecule has 20 heavy (non-hydrogen) atoms. The molecule has 0 amide bonds. The highest BCUT2D eigenvalue weighted by atomic mass is 35.5. The van der Waals surface area contributed by atoms with Crippen LogP contribution in [0.4, 0.5) is 0 Å². The molecule has 0 saturated heterocycles. The molecule has 7 heteroatoms. The first kappa shape index (κ1) is 15.0. The number of hydrogen-bond donors (Lipinski definition) is 1. The number of hydrogen-bond acceptors (Lipinski definition) is 4. The fraction of sp³-hybridized carbons (Fsp3) is 0.308. The maximum Gasteiger partial charge on any atom is 0.242 e. The van der Waals surface area contributed by atoms with Crippen LogP contribution in [0.25, 0.3) is 0 Å². The zero-order valence-corrected chi connectivity index (χ0v) is 12.5. The Bertz CT molecular complexity index is 639. The highest BCUT2D eigenvalue weighted by molar-refractivity contribution is 7.89. The fourth-order valence-electron chi connectivity index (χ4n) is 1.73. The predicted molar refractivity (Wildman–Crippen MR) is 76.1 cm³/mol. The molecule has 0 aliphatic rings. The molecule has 2 aromatic heterocycles. The second kappa shape index (κ2) is 6.39. The standard InChI is InChI=1S/C13H15ClN2O3S/c1-10(4-5-11-3-2-8-19-11)16-20(17,18)12-6-7-13(14)15-9-12/h2-3,6-10,16H,4-5H2,1H3. The third-order valence-electron chi connectivity index (χ3n) is 2.77. The van der Waals surface area contributed by atoms with E-state index < -0.39 is 10.0 Å². The lowest BCUT2D eigenvalue weighted by atomic mass is 10.2. The Labute approximate surface area is 123 Å². The number of pyridine rings is 1. The van der Waals surface area contributed by atoms with Gasteiger partial charge in [0.05, 0.1) is 6.26 Å². The third-order valence-corrected chi connectivity index (χ3v) is 4.57. The molecule has 5 nitrogen and oxygen atoms in total. The van der Waals surface area contributed by atoms with Crippen LogP contribution in [0, 0.1) is 0 Å². The molecule has 0 spiro atoms. The second-order valence-corrected chi connectivity index (χ2v) is 6.56. The highest BCUT2D eigenvalue weighted by Gasteiger charge is 2.17. The Kier molecular flexibility index (Phi) is 4.80. The van der Waals surface area contributed by atoms with E-state index in [1.54, 1.807) is 6.26 Å². The zero-order chi connectivity index (χ0) is 14.6. The van der Waals surface area contributed by atoms with Gasteiger partial charge in [-0.15, -0.1) is 0 Å². The SMILES string of the molecule is CC(CCc1ccco1)NS(=O)(=O)c1ccc(Cl)nc1. The minimum absolute atomic E-state index is 0.103. The van der Waals surface area contributed by atoms with Gasteiger partial charge in [-0.25, -0.2) is 18.1 Å². The van der Waals surface area contributed by atoms with Gasteiger partial charge in [-0.1, -0.05) is 11.6 Å². The minimum Gasteiger partial charge on any atom is -0.469 e. The summed E-state index contributed by atoms with van der Waals surface area (Å²) in [7, 11) is -3.57. The lowest BCUT2D eigenvalue weighted by Gasteiger charge is -2.13. The van der Waals surface area contributed by atoms with E-state index in [0.29, 0.717) is 12.8 Å². The molecule has 1 atom stereocenters. The van der Waals surface area contributed by atoms with E-state index in [-0.39, 0.29) is 16.1 Å². The molecule has 0 aliphatic carbocycles. The van der Waals surface area contributed by atoms with Gasteiger partial charge in [0.15, 0.2) is 0 Å². The summed E-state index contributed by atoms with van der Waals surface area (Å²) in [5, 5.41) is 0.259. The number of aryl methyl sites for hydroxylation is 1. The fourth-order valence-corrected chi connectivity index (χ4v) is 3.06. The van der Waals surface area contributed by atoms with Crippen molar-refractivity contribution in [2.45, 2.75) is 30.7 Å². The molecule has 0 aromatic carbocycles. The van der Waals surface area contributed by atoms with Crippen LogP contribution in [0.2, 0.25) is 5.15 Å². The van der Waals surface area contributed by atoms with Gasteiger partial charge in [-0.2, -0.15) is 0 Å².